The van der Waals surface area contributed by atoms with Crippen LogP contribution in [0.5, 0.6) is 0 Å². The summed E-state index contributed by atoms with van der Waals surface area (Å²) in [5.74, 6) is -0.130. The van der Waals surface area contributed by atoms with E-state index in [4.69, 9.17) is 0 Å². The van der Waals surface area contributed by atoms with Crippen LogP contribution in [0.2, 0.25) is 0 Å². The molecule has 0 saturated carbocycles. The first kappa shape index (κ1) is 13.5. The van der Waals surface area contributed by atoms with Crippen LogP contribution in [-0.4, -0.2) is 60.0 Å². The Balaban J connectivity index is 1.62. The summed E-state index contributed by atoms with van der Waals surface area (Å²) in [6, 6.07) is -0.0733. The Hall–Kier alpha value is -1.48. The number of amides is 1. The predicted octanol–water partition coefficient (Wildman–Crippen LogP) is -1.27. The summed E-state index contributed by atoms with van der Waals surface area (Å²) in [7, 11) is -3.03. The summed E-state index contributed by atoms with van der Waals surface area (Å²) in [4.78, 5) is 12.0. The van der Waals surface area contributed by atoms with Crippen molar-refractivity contribution in [3.8, 4) is 0 Å². The average Bonchev–Trinajstić information content (AvgIpc) is 2.74. The molecule has 8 nitrogen and oxygen atoms in total. The minimum Gasteiger partial charge on any atom is -0.347 e. The molecule has 2 fully saturated rings. The summed E-state index contributed by atoms with van der Waals surface area (Å²) in [6.45, 7) is 1.65. The largest absolute Gasteiger partial charge is 0.347 e. The van der Waals surface area contributed by atoms with Gasteiger partial charge in [0, 0.05) is 19.1 Å². The normalized spacial score (nSPS) is 25.9. The fourth-order valence-electron chi connectivity index (χ4n) is 2.42. The highest BCUT2D eigenvalue weighted by molar-refractivity contribution is 7.91. The SMILES string of the molecule is O=C(NC1CCCS(=O)(=O)C1)c1cn(C2CNC2)nn1. The molecule has 1 amide bonds. The van der Waals surface area contributed by atoms with Gasteiger partial charge < -0.3 is 10.6 Å². The fourth-order valence-corrected chi connectivity index (χ4v) is 4.05. The number of nitrogens with one attached hydrogen (secondary N) is 2. The van der Waals surface area contributed by atoms with Gasteiger partial charge in [0.25, 0.3) is 5.91 Å². The third kappa shape index (κ3) is 2.83. The molecular formula is C11H17N5O3S. The van der Waals surface area contributed by atoms with E-state index < -0.39 is 9.84 Å². The van der Waals surface area contributed by atoms with E-state index in [1.165, 1.54) is 0 Å². The molecule has 0 aromatic carbocycles. The van der Waals surface area contributed by atoms with Gasteiger partial charge in [-0.05, 0) is 12.8 Å². The zero-order chi connectivity index (χ0) is 14.2. The lowest BCUT2D eigenvalue weighted by Gasteiger charge is -2.26. The minimum absolute atomic E-state index is 0.0133. The Morgan fingerprint density at radius 3 is 2.90 bits per heavy atom. The zero-order valence-electron chi connectivity index (χ0n) is 10.9. The van der Waals surface area contributed by atoms with Crippen molar-refractivity contribution in [3.05, 3.63) is 11.9 Å². The molecule has 1 atom stereocenters. The van der Waals surface area contributed by atoms with Crippen LogP contribution in [0, 0.1) is 0 Å². The maximum atomic E-state index is 12.0. The van der Waals surface area contributed by atoms with Crippen LogP contribution in [0.4, 0.5) is 0 Å². The molecule has 3 heterocycles. The van der Waals surface area contributed by atoms with E-state index in [1.807, 2.05) is 0 Å². The Kier molecular flexibility index (Phi) is 3.47. The lowest BCUT2D eigenvalue weighted by Crippen LogP contribution is -2.44. The van der Waals surface area contributed by atoms with Crippen molar-refractivity contribution in [3.63, 3.8) is 0 Å². The van der Waals surface area contributed by atoms with Crippen LogP contribution < -0.4 is 10.6 Å². The number of hydrogen-bond donors (Lipinski definition) is 2. The second-order valence-corrected chi connectivity index (χ2v) is 7.55. The van der Waals surface area contributed by atoms with Gasteiger partial charge in [-0.15, -0.1) is 5.10 Å². The van der Waals surface area contributed by atoms with Gasteiger partial charge in [0.15, 0.2) is 15.5 Å². The quantitative estimate of drug-likeness (QED) is 0.721. The summed E-state index contributed by atoms with van der Waals surface area (Å²) in [5, 5.41) is 13.6. The molecule has 2 aliphatic heterocycles. The molecule has 0 bridgehead atoms. The zero-order valence-corrected chi connectivity index (χ0v) is 11.8. The predicted molar refractivity (Wildman–Crippen MR) is 71.1 cm³/mol. The first-order valence-corrected chi connectivity index (χ1v) is 8.49. The van der Waals surface area contributed by atoms with Gasteiger partial charge in [-0.2, -0.15) is 0 Å². The second-order valence-electron chi connectivity index (χ2n) is 5.32. The molecule has 9 heteroatoms. The third-order valence-corrected chi connectivity index (χ3v) is 5.50. The number of aromatic nitrogens is 3. The number of hydrogen-bond acceptors (Lipinski definition) is 6. The first-order valence-electron chi connectivity index (χ1n) is 6.67. The molecule has 110 valence electrons. The van der Waals surface area contributed by atoms with Crippen LogP contribution >= 0.6 is 0 Å². The molecular weight excluding hydrogens is 282 g/mol. The van der Waals surface area contributed by atoms with Crippen molar-refractivity contribution in [1.29, 1.82) is 0 Å². The molecule has 2 saturated heterocycles. The molecule has 1 aromatic heterocycles. The molecule has 2 aliphatic rings. The summed E-state index contributed by atoms with van der Waals surface area (Å²) >= 11 is 0. The van der Waals surface area contributed by atoms with Crippen LogP contribution in [0.25, 0.3) is 0 Å². The Labute approximate surface area is 116 Å². The van der Waals surface area contributed by atoms with E-state index in [9.17, 15) is 13.2 Å². The van der Waals surface area contributed by atoms with E-state index >= 15 is 0 Å². The Morgan fingerprint density at radius 1 is 1.45 bits per heavy atom. The average molecular weight is 299 g/mol. The number of carbonyl (C=O) groups is 1. The molecule has 0 spiro atoms. The minimum atomic E-state index is -3.03. The first-order chi connectivity index (χ1) is 9.53. The highest BCUT2D eigenvalue weighted by Gasteiger charge is 2.27. The molecule has 0 aliphatic carbocycles. The van der Waals surface area contributed by atoms with E-state index in [0.29, 0.717) is 12.8 Å². The third-order valence-electron chi connectivity index (χ3n) is 3.68. The molecule has 20 heavy (non-hydrogen) atoms. The van der Waals surface area contributed by atoms with Crippen molar-refractivity contribution in [2.75, 3.05) is 24.6 Å². The maximum Gasteiger partial charge on any atom is 0.273 e. The van der Waals surface area contributed by atoms with Gasteiger partial charge >= 0.3 is 0 Å². The number of sulfone groups is 1. The standard InChI is InChI=1S/C11H17N5O3S/c17-11(13-8-2-1-3-20(18,19)7-8)10-6-16(15-14-10)9-4-12-5-9/h6,8-9,12H,1-5,7H2,(H,13,17). The number of rotatable bonds is 3. The highest BCUT2D eigenvalue weighted by atomic mass is 32.2. The van der Waals surface area contributed by atoms with Gasteiger partial charge in [0.2, 0.25) is 0 Å². The summed E-state index contributed by atoms with van der Waals surface area (Å²) in [5.41, 5.74) is 0.236. The van der Waals surface area contributed by atoms with Crippen LogP contribution in [0.15, 0.2) is 6.20 Å². The molecule has 1 aromatic rings. The maximum absolute atomic E-state index is 12.0. The summed E-state index contributed by atoms with van der Waals surface area (Å²) < 4.78 is 24.7. The molecule has 0 radical (unpaired) electrons. The number of nitrogens with zero attached hydrogens (tertiary/aromatic N) is 3. The van der Waals surface area contributed by atoms with E-state index in [1.54, 1.807) is 10.9 Å². The molecule has 3 rings (SSSR count). The van der Waals surface area contributed by atoms with Gasteiger partial charge in [-0.1, -0.05) is 5.21 Å². The molecule has 1 unspecified atom stereocenters. The van der Waals surface area contributed by atoms with Crippen LogP contribution in [-0.2, 0) is 9.84 Å². The monoisotopic (exact) mass is 299 g/mol. The summed E-state index contributed by atoms with van der Waals surface area (Å²) in [6.07, 6.45) is 2.89. The molecule has 2 N–H and O–H groups in total. The van der Waals surface area contributed by atoms with Crippen LogP contribution in [0.1, 0.15) is 29.4 Å². The van der Waals surface area contributed by atoms with Gasteiger partial charge in [0.05, 0.1) is 23.7 Å². The van der Waals surface area contributed by atoms with E-state index in [0.717, 1.165) is 13.1 Å². The second kappa shape index (κ2) is 5.13. The lowest BCUT2D eigenvalue weighted by atomic mass is 10.2. The number of carbonyl (C=O) groups excluding carboxylic acids is 1. The van der Waals surface area contributed by atoms with Crippen molar-refractivity contribution < 1.29 is 13.2 Å². The van der Waals surface area contributed by atoms with E-state index in [2.05, 4.69) is 20.9 Å². The Morgan fingerprint density at radius 2 is 2.25 bits per heavy atom. The van der Waals surface area contributed by atoms with Crippen molar-refractivity contribution in [2.24, 2.45) is 0 Å². The Bertz CT molecular complexity index is 607. The topological polar surface area (TPSA) is 106 Å². The smallest absolute Gasteiger partial charge is 0.273 e. The lowest BCUT2D eigenvalue weighted by molar-refractivity contribution is 0.0933. The van der Waals surface area contributed by atoms with E-state index in [-0.39, 0.29) is 35.2 Å². The van der Waals surface area contributed by atoms with Crippen molar-refractivity contribution in [2.45, 2.75) is 24.9 Å². The van der Waals surface area contributed by atoms with Gasteiger partial charge in [0.1, 0.15) is 0 Å². The van der Waals surface area contributed by atoms with Gasteiger partial charge in [-0.3, -0.25) is 4.79 Å². The fraction of sp³-hybridized carbons (Fsp3) is 0.727. The van der Waals surface area contributed by atoms with Crippen LogP contribution in [0.3, 0.4) is 0 Å². The highest BCUT2D eigenvalue weighted by Crippen LogP contribution is 2.13. The van der Waals surface area contributed by atoms with Crippen molar-refractivity contribution in [1.82, 2.24) is 25.6 Å². The van der Waals surface area contributed by atoms with Crippen molar-refractivity contribution >= 4 is 15.7 Å². The van der Waals surface area contributed by atoms with Gasteiger partial charge in [-0.25, -0.2) is 13.1 Å².